The van der Waals surface area contributed by atoms with E-state index < -0.39 is 0 Å². The largest absolute Gasteiger partial charge is 0.412 e. The standard InChI is InChI=1S/C32H39FN4S.2H2O/c1-31(2,3)25-6-12-29(13-7-25)38-36-18-14-26-20-30-24(22-34-37(30)28-10-8-27(33)9-11-28)21-32(26,23-36)15-19-35-16-4-5-17-35;;/h6-13,20,22H,4-5,14-19,21,23H2,1-3H3;2*1H2/t32-;;/m1../s1. The minimum atomic E-state index is -0.216. The molecule has 6 rings (SSSR count). The normalized spacial score (nSPS) is 21.1. The molecule has 0 amide bonds. The topological polar surface area (TPSA) is 87.3 Å². The van der Waals surface area contributed by atoms with Crippen LogP contribution in [0.5, 0.6) is 0 Å². The lowest BCUT2D eigenvalue weighted by Crippen LogP contribution is -2.46. The Morgan fingerprint density at radius 2 is 1.65 bits per heavy atom. The molecule has 3 heterocycles. The minimum absolute atomic E-state index is 0. The Balaban J connectivity index is 0.00000185. The SMILES string of the molecule is CC(C)(C)c1ccc(SN2CCC3=Cc4c(cnn4-c4ccc(F)cc4)C[C@]3(CCN3CCCC3)C2)cc1.O.O. The molecule has 0 spiro atoms. The number of hydrogen-bond acceptors (Lipinski definition) is 4. The van der Waals surface area contributed by atoms with Crippen LogP contribution in [-0.2, 0) is 11.8 Å². The monoisotopic (exact) mass is 566 g/mol. The molecule has 3 aliphatic rings. The third-order valence-corrected chi connectivity index (χ3v) is 9.70. The summed E-state index contributed by atoms with van der Waals surface area (Å²) in [5.41, 5.74) is 6.64. The molecule has 0 bridgehead atoms. The highest BCUT2D eigenvalue weighted by molar-refractivity contribution is 7.97. The molecule has 1 aliphatic carbocycles. The fraction of sp³-hybridized carbons (Fsp3) is 0.469. The van der Waals surface area contributed by atoms with Crippen LogP contribution in [0.1, 0.15) is 63.3 Å². The van der Waals surface area contributed by atoms with Crippen LogP contribution in [0.3, 0.4) is 0 Å². The zero-order valence-corrected chi connectivity index (χ0v) is 24.7. The molecule has 0 unspecified atom stereocenters. The van der Waals surface area contributed by atoms with Crippen LogP contribution in [0.25, 0.3) is 11.8 Å². The van der Waals surface area contributed by atoms with Crippen molar-refractivity contribution in [3.05, 3.63) is 82.9 Å². The first-order chi connectivity index (χ1) is 18.3. The van der Waals surface area contributed by atoms with E-state index in [-0.39, 0.29) is 27.6 Å². The Kier molecular flexibility index (Phi) is 9.27. The Morgan fingerprint density at radius 3 is 2.33 bits per heavy atom. The van der Waals surface area contributed by atoms with Gasteiger partial charge in [-0.2, -0.15) is 5.10 Å². The maximum atomic E-state index is 13.6. The lowest BCUT2D eigenvalue weighted by molar-refractivity contribution is 0.180. The van der Waals surface area contributed by atoms with Gasteiger partial charge in [-0.15, -0.1) is 0 Å². The lowest BCUT2D eigenvalue weighted by Gasteiger charge is -2.47. The van der Waals surface area contributed by atoms with Gasteiger partial charge in [0, 0.05) is 23.4 Å². The smallest absolute Gasteiger partial charge is 0.123 e. The van der Waals surface area contributed by atoms with E-state index in [0.717, 1.165) is 38.2 Å². The first-order valence-electron chi connectivity index (χ1n) is 14.1. The highest BCUT2D eigenvalue weighted by Gasteiger charge is 2.43. The molecule has 0 saturated carbocycles. The second-order valence-corrected chi connectivity index (χ2v) is 13.5. The van der Waals surface area contributed by atoms with Crippen LogP contribution in [0.2, 0.25) is 0 Å². The fourth-order valence-corrected chi connectivity index (χ4v) is 7.42. The molecule has 2 aliphatic heterocycles. The number of benzene rings is 2. The van der Waals surface area contributed by atoms with E-state index in [4.69, 9.17) is 5.10 Å². The average Bonchev–Trinajstić information content (AvgIpc) is 3.56. The van der Waals surface area contributed by atoms with Crippen molar-refractivity contribution in [3.63, 3.8) is 0 Å². The molecule has 3 aromatic rings. The Morgan fingerprint density at radius 1 is 0.950 bits per heavy atom. The number of hydrogen-bond donors (Lipinski definition) is 0. The molecule has 8 heteroatoms. The van der Waals surface area contributed by atoms with E-state index in [1.54, 1.807) is 5.57 Å². The van der Waals surface area contributed by atoms with Crippen molar-refractivity contribution in [3.8, 4) is 5.69 Å². The van der Waals surface area contributed by atoms with Crippen LogP contribution in [0, 0.1) is 11.2 Å². The van der Waals surface area contributed by atoms with Crippen LogP contribution < -0.4 is 0 Å². The molecule has 40 heavy (non-hydrogen) atoms. The van der Waals surface area contributed by atoms with Gasteiger partial charge in [-0.1, -0.05) is 38.5 Å². The van der Waals surface area contributed by atoms with Gasteiger partial charge < -0.3 is 15.9 Å². The Labute approximate surface area is 242 Å². The summed E-state index contributed by atoms with van der Waals surface area (Å²) in [6.07, 6.45) is 10.4. The Bertz CT molecular complexity index is 1310. The van der Waals surface area contributed by atoms with Gasteiger partial charge >= 0.3 is 0 Å². The number of piperidine rings is 1. The second kappa shape index (κ2) is 12.2. The molecular formula is C32H43FN4O2S. The van der Waals surface area contributed by atoms with Crippen molar-refractivity contribution < 1.29 is 15.3 Å². The van der Waals surface area contributed by atoms with Crippen LogP contribution in [0.4, 0.5) is 4.39 Å². The summed E-state index contributed by atoms with van der Waals surface area (Å²) >= 11 is 1.92. The van der Waals surface area contributed by atoms with Gasteiger partial charge in [0.1, 0.15) is 5.82 Å². The summed E-state index contributed by atoms with van der Waals surface area (Å²) in [5.74, 6) is -0.216. The Hall–Kier alpha value is -2.49. The zero-order chi connectivity index (χ0) is 26.3. The molecule has 2 aromatic carbocycles. The maximum Gasteiger partial charge on any atom is 0.123 e. The number of rotatable bonds is 6. The molecule has 0 radical (unpaired) electrons. The highest BCUT2D eigenvalue weighted by atomic mass is 32.2. The third kappa shape index (κ3) is 6.21. The number of fused-ring (bicyclic) bond motifs is 2. The zero-order valence-electron chi connectivity index (χ0n) is 23.9. The number of halogens is 1. The summed E-state index contributed by atoms with van der Waals surface area (Å²) in [7, 11) is 0. The third-order valence-electron chi connectivity index (χ3n) is 8.65. The van der Waals surface area contributed by atoms with Crippen molar-refractivity contribution in [2.45, 2.75) is 63.2 Å². The average molecular weight is 567 g/mol. The molecule has 2 fully saturated rings. The van der Waals surface area contributed by atoms with Crippen molar-refractivity contribution >= 4 is 18.0 Å². The summed E-state index contributed by atoms with van der Waals surface area (Å²) in [6, 6.07) is 15.8. The second-order valence-electron chi connectivity index (χ2n) is 12.3. The van der Waals surface area contributed by atoms with E-state index in [9.17, 15) is 4.39 Å². The predicted molar refractivity (Wildman–Crippen MR) is 162 cm³/mol. The van der Waals surface area contributed by atoms with E-state index in [0.29, 0.717) is 0 Å². The molecule has 216 valence electrons. The van der Waals surface area contributed by atoms with Gasteiger partial charge in [0.25, 0.3) is 0 Å². The van der Waals surface area contributed by atoms with E-state index >= 15 is 0 Å². The van der Waals surface area contributed by atoms with Crippen molar-refractivity contribution in [2.75, 3.05) is 32.7 Å². The molecular weight excluding hydrogens is 523 g/mol. The predicted octanol–water partition coefficient (Wildman–Crippen LogP) is 5.48. The molecule has 1 atom stereocenters. The van der Waals surface area contributed by atoms with Crippen molar-refractivity contribution in [1.29, 1.82) is 0 Å². The summed E-state index contributed by atoms with van der Waals surface area (Å²) in [4.78, 5) is 3.97. The van der Waals surface area contributed by atoms with Gasteiger partial charge in [-0.3, -0.25) is 0 Å². The van der Waals surface area contributed by atoms with Crippen molar-refractivity contribution in [2.24, 2.45) is 5.41 Å². The summed E-state index contributed by atoms with van der Waals surface area (Å²) in [6.45, 7) is 12.6. The molecule has 6 nitrogen and oxygen atoms in total. The number of likely N-dealkylation sites (tertiary alicyclic amines) is 1. The number of nitrogens with zero attached hydrogens (tertiary/aromatic N) is 4. The fourth-order valence-electron chi connectivity index (χ4n) is 6.37. The van der Waals surface area contributed by atoms with E-state index in [2.05, 4.69) is 60.3 Å². The molecule has 2 saturated heterocycles. The van der Waals surface area contributed by atoms with E-state index in [1.807, 2.05) is 35.0 Å². The van der Waals surface area contributed by atoms with Crippen molar-refractivity contribution in [1.82, 2.24) is 19.0 Å². The van der Waals surface area contributed by atoms with Gasteiger partial charge in [-0.25, -0.2) is 13.4 Å². The minimum Gasteiger partial charge on any atom is -0.412 e. The molecule has 1 aromatic heterocycles. The van der Waals surface area contributed by atoms with Crippen LogP contribution in [-0.4, -0.2) is 62.7 Å². The first-order valence-corrected chi connectivity index (χ1v) is 14.9. The summed E-state index contributed by atoms with van der Waals surface area (Å²) < 4.78 is 18.2. The molecule has 4 N–H and O–H groups in total. The summed E-state index contributed by atoms with van der Waals surface area (Å²) in [5, 5.41) is 4.76. The van der Waals surface area contributed by atoms with Gasteiger partial charge in [0.05, 0.1) is 17.6 Å². The highest BCUT2D eigenvalue weighted by Crippen LogP contribution is 2.48. The first kappa shape index (κ1) is 30.5. The quantitative estimate of drug-likeness (QED) is 0.370. The van der Waals surface area contributed by atoms with Crippen LogP contribution in [0.15, 0.2) is 65.2 Å². The lowest BCUT2D eigenvalue weighted by atomic mass is 9.67. The van der Waals surface area contributed by atoms with Gasteiger partial charge in [0.15, 0.2) is 0 Å². The maximum absolute atomic E-state index is 13.6. The van der Waals surface area contributed by atoms with Gasteiger partial charge in [0.2, 0.25) is 0 Å². The number of aromatic nitrogens is 2. The van der Waals surface area contributed by atoms with Crippen LogP contribution >= 0.6 is 11.9 Å². The van der Waals surface area contributed by atoms with E-state index in [1.165, 1.54) is 66.2 Å². The van der Waals surface area contributed by atoms with Gasteiger partial charge in [-0.05, 0) is 123 Å².